The average molecular weight is 410 g/mol. The van der Waals surface area contributed by atoms with Gasteiger partial charge in [-0.05, 0) is 32.9 Å². The van der Waals surface area contributed by atoms with E-state index in [1.165, 1.54) is 11.8 Å². The minimum absolute atomic E-state index is 0.151. The number of anilines is 1. The quantitative estimate of drug-likeness (QED) is 0.456. The number of fused-ring (bicyclic) bond motifs is 3. The molecule has 4 aromatic rings. The van der Waals surface area contributed by atoms with Crippen LogP contribution in [0.3, 0.4) is 0 Å². The molecule has 2 aromatic heterocycles. The molecule has 0 aliphatic carbocycles. The number of hydrogen-bond acceptors (Lipinski definition) is 6. The number of rotatable bonds is 6. The number of para-hydroxylation sites is 1. The number of furan rings is 1. The molecule has 0 saturated heterocycles. The van der Waals surface area contributed by atoms with Crippen molar-refractivity contribution in [3.8, 4) is 5.75 Å². The third-order valence-corrected chi connectivity index (χ3v) is 5.78. The van der Waals surface area contributed by atoms with Gasteiger partial charge in [-0.1, -0.05) is 30.0 Å². The van der Waals surface area contributed by atoms with Crippen molar-refractivity contribution < 1.29 is 13.9 Å². The van der Waals surface area contributed by atoms with Crippen molar-refractivity contribution in [2.24, 2.45) is 0 Å². The summed E-state index contributed by atoms with van der Waals surface area (Å²) in [4.78, 5) is 12.8. The Labute approximate surface area is 172 Å². The molecule has 0 aliphatic rings. The second kappa shape index (κ2) is 7.79. The third-order valence-electron chi connectivity index (χ3n) is 4.70. The Balaban J connectivity index is 1.60. The highest BCUT2D eigenvalue weighted by Gasteiger charge is 2.21. The van der Waals surface area contributed by atoms with Crippen LogP contribution >= 0.6 is 11.8 Å². The van der Waals surface area contributed by atoms with Gasteiger partial charge in [0.25, 0.3) is 0 Å². The predicted molar refractivity (Wildman–Crippen MR) is 115 cm³/mol. The Kier molecular flexibility index (Phi) is 5.19. The fourth-order valence-corrected chi connectivity index (χ4v) is 4.09. The maximum atomic E-state index is 12.8. The highest BCUT2D eigenvalue weighted by Crippen LogP contribution is 2.36. The molecule has 2 heterocycles. The number of ether oxygens (including phenoxy) is 1. The molecule has 1 amide bonds. The molecular formula is C21H22N4O3S. The van der Waals surface area contributed by atoms with Crippen molar-refractivity contribution in [2.75, 3.05) is 12.4 Å². The van der Waals surface area contributed by atoms with E-state index >= 15 is 0 Å². The van der Waals surface area contributed by atoms with Crippen molar-refractivity contribution in [1.29, 1.82) is 0 Å². The van der Waals surface area contributed by atoms with E-state index in [1.54, 1.807) is 19.5 Å². The van der Waals surface area contributed by atoms with Crippen LogP contribution in [0.2, 0.25) is 0 Å². The smallest absolute Gasteiger partial charge is 0.237 e. The molecule has 1 atom stereocenters. The molecule has 7 nitrogen and oxygen atoms in total. The first-order valence-electron chi connectivity index (χ1n) is 9.34. The molecule has 150 valence electrons. The molecule has 8 heteroatoms. The Bertz CT molecular complexity index is 1180. The number of amides is 1. The second-order valence-corrected chi connectivity index (χ2v) is 8.32. The summed E-state index contributed by atoms with van der Waals surface area (Å²) >= 11 is 1.37. The van der Waals surface area contributed by atoms with Crippen molar-refractivity contribution in [2.45, 2.75) is 37.2 Å². The first kappa shape index (κ1) is 19.3. The van der Waals surface area contributed by atoms with Gasteiger partial charge in [0.2, 0.25) is 5.91 Å². The molecule has 0 saturated carbocycles. The highest BCUT2D eigenvalue weighted by molar-refractivity contribution is 8.00. The van der Waals surface area contributed by atoms with Gasteiger partial charge >= 0.3 is 0 Å². The van der Waals surface area contributed by atoms with E-state index in [-0.39, 0.29) is 17.2 Å². The van der Waals surface area contributed by atoms with Crippen molar-refractivity contribution in [1.82, 2.24) is 14.8 Å². The van der Waals surface area contributed by atoms with E-state index in [2.05, 4.69) is 15.5 Å². The van der Waals surface area contributed by atoms with Crippen LogP contribution in [0, 0.1) is 0 Å². The summed E-state index contributed by atoms with van der Waals surface area (Å²) in [6, 6.07) is 11.7. The van der Waals surface area contributed by atoms with Gasteiger partial charge in [0.05, 0.1) is 18.0 Å². The average Bonchev–Trinajstić information content (AvgIpc) is 3.31. The van der Waals surface area contributed by atoms with Gasteiger partial charge in [-0.2, -0.15) is 0 Å². The van der Waals surface area contributed by atoms with Gasteiger partial charge in [0, 0.05) is 22.9 Å². The van der Waals surface area contributed by atoms with Crippen LogP contribution < -0.4 is 10.1 Å². The zero-order valence-electron chi connectivity index (χ0n) is 16.7. The lowest BCUT2D eigenvalue weighted by molar-refractivity contribution is -0.115. The van der Waals surface area contributed by atoms with E-state index in [9.17, 15) is 4.79 Å². The lowest BCUT2D eigenvalue weighted by Gasteiger charge is -2.15. The van der Waals surface area contributed by atoms with Gasteiger partial charge in [-0.25, -0.2) is 0 Å². The summed E-state index contributed by atoms with van der Waals surface area (Å²) < 4.78 is 13.4. The number of methoxy groups -OCH3 is 1. The summed E-state index contributed by atoms with van der Waals surface area (Å²) in [6.45, 7) is 5.93. The minimum Gasteiger partial charge on any atom is -0.495 e. The molecule has 29 heavy (non-hydrogen) atoms. The Hall–Kier alpha value is -3.00. The third kappa shape index (κ3) is 3.67. The summed E-state index contributed by atoms with van der Waals surface area (Å²) in [5.41, 5.74) is 2.06. The molecule has 1 N–H and O–H groups in total. The summed E-state index contributed by atoms with van der Waals surface area (Å²) in [5.74, 6) is 0.432. The van der Waals surface area contributed by atoms with E-state index in [4.69, 9.17) is 9.15 Å². The second-order valence-electron chi connectivity index (χ2n) is 7.01. The first-order valence-corrected chi connectivity index (χ1v) is 10.2. The Morgan fingerprint density at radius 1 is 1.17 bits per heavy atom. The predicted octanol–water partition coefficient (Wildman–Crippen LogP) is 4.89. The SMILES string of the molecule is COc1cc2c(cc1NC(=O)[C@H](C)Sc1nncn1C(C)C)oc1ccccc12. The van der Waals surface area contributed by atoms with E-state index in [0.717, 1.165) is 16.4 Å². The van der Waals surface area contributed by atoms with Crippen LogP contribution in [0.4, 0.5) is 5.69 Å². The van der Waals surface area contributed by atoms with Gasteiger partial charge in [-0.3, -0.25) is 4.79 Å². The van der Waals surface area contributed by atoms with Crippen LogP contribution in [-0.4, -0.2) is 33.0 Å². The van der Waals surface area contributed by atoms with Crippen molar-refractivity contribution in [3.05, 3.63) is 42.7 Å². The van der Waals surface area contributed by atoms with Crippen LogP contribution in [0.1, 0.15) is 26.8 Å². The van der Waals surface area contributed by atoms with Crippen molar-refractivity contribution >= 4 is 45.3 Å². The number of nitrogens with zero attached hydrogens (tertiary/aromatic N) is 3. The largest absolute Gasteiger partial charge is 0.495 e. The molecule has 2 aromatic carbocycles. The summed E-state index contributed by atoms with van der Waals surface area (Å²) in [7, 11) is 1.59. The molecule has 0 spiro atoms. The van der Waals surface area contributed by atoms with Crippen LogP contribution in [0.25, 0.3) is 21.9 Å². The molecule has 0 bridgehead atoms. The Morgan fingerprint density at radius 3 is 2.72 bits per heavy atom. The molecule has 0 fully saturated rings. The standard InChI is InChI=1S/C21H22N4O3S/c1-12(2)25-11-22-24-21(25)29-13(3)20(26)23-16-10-18-15(9-19(16)27-4)14-7-5-6-8-17(14)28-18/h5-13H,1-4H3,(H,23,26)/t13-/m0/s1. The number of carbonyl (C=O) groups excluding carboxylic acids is 1. The maximum Gasteiger partial charge on any atom is 0.237 e. The monoisotopic (exact) mass is 410 g/mol. The maximum absolute atomic E-state index is 12.8. The molecule has 0 unspecified atom stereocenters. The van der Waals surface area contributed by atoms with E-state index in [1.807, 2.05) is 55.7 Å². The molecular weight excluding hydrogens is 388 g/mol. The van der Waals surface area contributed by atoms with Crippen LogP contribution in [-0.2, 0) is 4.79 Å². The fourth-order valence-electron chi connectivity index (χ4n) is 3.13. The summed E-state index contributed by atoms with van der Waals surface area (Å²) in [5, 5.41) is 13.3. The zero-order chi connectivity index (χ0) is 20.5. The number of aromatic nitrogens is 3. The fraction of sp³-hybridized carbons (Fsp3) is 0.286. The number of nitrogens with one attached hydrogen (secondary N) is 1. The number of hydrogen-bond donors (Lipinski definition) is 1. The number of thioether (sulfide) groups is 1. The Morgan fingerprint density at radius 2 is 1.97 bits per heavy atom. The van der Waals surface area contributed by atoms with Crippen LogP contribution in [0.15, 0.2) is 52.3 Å². The van der Waals surface area contributed by atoms with Crippen molar-refractivity contribution in [3.63, 3.8) is 0 Å². The molecule has 0 aliphatic heterocycles. The zero-order valence-corrected chi connectivity index (χ0v) is 17.5. The lowest BCUT2D eigenvalue weighted by Crippen LogP contribution is -2.23. The summed E-state index contributed by atoms with van der Waals surface area (Å²) in [6.07, 6.45) is 1.68. The van der Waals surface area contributed by atoms with E-state index in [0.29, 0.717) is 22.2 Å². The first-order chi connectivity index (χ1) is 14.0. The van der Waals surface area contributed by atoms with Gasteiger partial charge in [0.15, 0.2) is 5.16 Å². The number of carbonyl (C=O) groups is 1. The highest BCUT2D eigenvalue weighted by atomic mass is 32.2. The minimum atomic E-state index is -0.368. The normalized spacial score (nSPS) is 12.6. The van der Waals surface area contributed by atoms with Crippen LogP contribution in [0.5, 0.6) is 5.75 Å². The van der Waals surface area contributed by atoms with Gasteiger partial charge in [-0.15, -0.1) is 10.2 Å². The molecule has 0 radical (unpaired) electrons. The lowest BCUT2D eigenvalue weighted by atomic mass is 10.1. The van der Waals surface area contributed by atoms with Gasteiger partial charge < -0.3 is 19.0 Å². The van der Waals surface area contributed by atoms with Gasteiger partial charge in [0.1, 0.15) is 23.2 Å². The van der Waals surface area contributed by atoms with E-state index < -0.39 is 0 Å². The topological polar surface area (TPSA) is 82.2 Å². The number of benzene rings is 2. The molecule has 4 rings (SSSR count).